The van der Waals surface area contributed by atoms with E-state index in [0.717, 1.165) is 55.6 Å². The molecule has 19 nitrogen and oxygen atoms in total. The van der Waals surface area contributed by atoms with Gasteiger partial charge in [0, 0.05) is 62.3 Å². The van der Waals surface area contributed by atoms with Gasteiger partial charge in [-0.05, 0) is 29.5 Å². The molecule has 0 aromatic carbocycles. The average Bonchev–Trinajstić information content (AvgIpc) is 3.65. The summed E-state index contributed by atoms with van der Waals surface area (Å²) in [5, 5.41) is 36.7. The van der Waals surface area contributed by atoms with Crippen molar-refractivity contribution >= 4 is 69.7 Å². The number of likely N-dealkylation sites (N-methyl/N-ethyl adjacent to an activating group) is 1. The molecule has 5 heterocycles. The molecule has 3 aliphatic heterocycles. The van der Waals surface area contributed by atoms with Gasteiger partial charge in [0.1, 0.15) is 17.1 Å². The smallest absolute Gasteiger partial charge is 0.352 e. The minimum Gasteiger partial charge on any atom is -0.479 e. The molecule has 0 bridgehead atoms. The molecule has 5 rings (SSSR count). The maximum atomic E-state index is 13.2. The van der Waals surface area contributed by atoms with E-state index in [1.54, 1.807) is 4.68 Å². The molecule has 1 unspecified atom stereocenters. The molecule has 2 amide bonds. The Morgan fingerprint density at radius 2 is 1.98 bits per heavy atom. The van der Waals surface area contributed by atoms with Crippen molar-refractivity contribution in [3.05, 3.63) is 17.1 Å². The second kappa shape index (κ2) is 14.5. The number of piperazine rings is 1. The van der Waals surface area contributed by atoms with E-state index >= 15 is 0 Å². The molecule has 22 heteroatoms. The van der Waals surface area contributed by atoms with E-state index in [4.69, 9.17) is 15.7 Å². The van der Waals surface area contributed by atoms with Gasteiger partial charge in [-0.2, -0.15) is 9.36 Å². The second-order valence-corrected chi connectivity index (χ2v) is 13.0. The normalized spacial score (nSPS) is 21.0. The number of tetrazole rings is 1. The number of carboxylic acids is 2. The molecule has 45 heavy (non-hydrogen) atoms. The number of hydrogen-bond donors (Lipinski definition) is 4. The van der Waals surface area contributed by atoms with E-state index in [-0.39, 0.29) is 28.2 Å². The van der Waals surface area contributed by atoms with Crippen molar-refractivity contribution in [1.82, 2.24) is 49.6 Å². The molecule has 0 saturated carbocycles. The summed E-state index contributed by atoms with van der Waals surface area (Å²) in [6.07, 6.45) is 0.863. The van der Waals surface area contributed by atoms with E-state index in [1.807, 2.05) is 0 Å². The lowest BCUT2D eigenvalue weighted by molar-refractivity contribution is -0.150. The molecule has 2 saturated heterocycles. The SMILES string of the molecule is CN1CCN(CCCn2nnnc2SCC2=C(C(=O)O)N3C(=O)C(NC(=O)C(=NOCC(=O)O)c4nsc(N)n4)[C@H]3SC2)CC1. The predicted molar refractivity (Wildman–Crippen MR) is 161 cm³/mol. The fourth-order valence-corrected chi connectivity index (χ4v) is 7.60. The van der Waals surface area contributed by atoms with Crippen molar-refractivity contribution in [3.63, 3.8) is 0 Å². The van der Waals surface area contributed by atoms with Crippen LogP contribution in [0.25, 0.3) is 0 Å². The van der Waals surface area contributed by atoms with Gasteiger partial charge < -0.3 is 35.9 Å². The van der Waals surface area contributed by atoms with Crippen LogP contribution in [-0.2, 0) is 30.6 Å². The van der Waals surface area contributed by atoms with E-state index in [1.165, 1.54) is 23.5 Å². The number of oxime groups is 1. The second-order valence-electron chi connectivity index (χ2n) is 10.2. The van der Waals surface area contributed by atoms with Gasteiger partial charge >= 0.3 is 11.9 Å². The van der Waals surface area contributed by atoms with E-state index < -0.39 is 47.5 Å². The number of carbonyl (C=O) groups is 4. The summed E-state index contributed by atoms with van der Waals surface area (Å²) in [5.41, 5.74) is 5.48. The van der Waals surface area contributed by atoms with Crippen molar-refractivity contribution in [2.75, 3.05) is 63.6 Å². The Kier molecular flexibility index (Phi) is 10.5. The van der Waals surface area contributed by atoms with Gasteiger partial charge in [-0.25, -0.2) is 14.3 Å². The minimum atomic E-state index is -1.33. The first-order valence-electron chi connectivity index (χ1n) is 13.6. The molecule has 0 aliphatic carbocycles. The molecule has 0 radical (unpaired) electrons. The van der Waals surface area contributed by atoms with Gasteiger partial charge in [-0.3, -0.25) is 14.5 Å². The molecule has 0 spiro atoms. The number of nitrogens with two attached hydrogens (primary N) is 1. The summed E-state index contributed by atoms with van der Waals surface area (Å²) in [7, 11) is 2.11. The Morgan fingerprint density at radius 3 is 2.67 bits per heavy atom. The molecule has 5 N–H and O–H groups in total. The van der Waals surface area contributed by atoms with Crippen LogP contribution in [0.2, 0.25) is 0 Å². The zero-order valence-corrected chi connectivity index (χ0v) is 26.4. The van der Waals surface area contributed by atoms with Crippen LogP contribution in [0.4, 0.5) is 5.13 Å². The predicted octanol–water partition coefficient (Wildman–Crippen LogP) is -1.92. The zero-order chi connectivity index (χ0) is 32.1. The number of aromatic nitrogens is 6. The number of nitrogen functional groups attached to an aromatic ring is 1. The Bertz CT molecular complexity index is 1510. The molecule has 2 fully saturated rings. The van der Waals surface area contributed by atoms with E-state index in [2.05, 4.69) is 52.2 Å². The van der Waals surface area contributed by atoms with Gasteiger partial charge in [-0.15, -0.1) is 16.9 Å². The molecular weight excluding hydrogens is 653 g/mol. The molecule has 2 aromatic heterocycles. The van der Waals surface area contributed by atoms with Gasteiger partial charge in [0.2, 0.25) is 23.3 Å². The summed E-state index contributed by atoms with van der Waals surface area (Å²) >= 11 is 3.36. The highest BCUT2D eigenvalue weighted by atomic mass is 32.2. The van der Waals surface area contributed by atoms with Crippen LogP contribution >= 0.6 is 35.1 Å². The van der Waals surface area contributed by atoms with E-state index in [9.17, 15) is 24.3 Å². The summed E-state index contributed by atoms with van der Waals surface area (Å²) in [5.74, 6) is -3.83. The average molecular weight is 683 g/mol. The Hall–Kier alpha value is -3.86. The van der Waals surface area contributed by atoms with Crippen molar-refractivity contribution in [1.29, 1.82) is 0 Å². The first kappa shape index (κ1) is 32.5. The maximum Gasteiger partial charge on any atom is 0.352 e. The zero-order valence-electron chi connectivity index (χ0n) is 23.9. The highest BCUT2D eigenvalue weighted by Gasteiger charge is 2.54. The highest BCUT2D eigenvalue weighted by Crippen LogP contribution is 2.41. The van der Waals surface area contributed by atoms with Crippen LogP contribution in [0.3, 0.4) is 0 Å². The molecule has 2 aromatic rings. The quantitative estimate of drug-likeness (QED) is 0.0734. The number of nitrogens with one attached hydrogen (secondary N) is 1. The number of fused-ring (bicyclic) bond motifs is 1. The van der Waals surface area contributed by atoms with Crippen molar-refractivity contribution in [2.24, 2.45) is 5.16 Å². The number of aliphatic carboxylic acids is 2. The van der Waals surface area contributed by atoms with Gasteiger partial charge in [0.25, 0.3) is 11.8 Å². The number of anilines is 1. The number of nitrogens with zero attached hydrogens (tertiary/aromatic N) is 10. The first-order chi connectivity index (χ1) is 21.6. The molecular formula is C23H30N12O7S3. The number of hydrogen-bond acceptors (Lipinski definition) is 17. The number of carbonyl (C=O) groups excluding carboxylic acids is 2. The first-order valence-corrected chi connectivity index (χ1v) is 16.4. The number of carboxylic acid groups (broad SMARTS) is 2. The fourth-order valence-electron chi connectivity index (χ4n) is 4.78. The van der Waals surface area contributed by atoms with Gasteiger partial charge in [-0.1, -0.05) is 16.9 Å². The van der Waals surface area contributed by atoms with Crippen LogP contribution in [0, 0.1) is 0 Å². The van der Waals surface area contributed by atoms with Crippen LogP contribution in [0.15, 0.2) is 21.6 Å². The summed E-state index contributed by atoms with van der Waals surface area (Å²) in [4.78, 5) is 63.8. The van der Waals surface area contributed by atoms with Crippen LogP contribution < -0.4 is 11.1 Å². The fraction of sp³-hybridized carbons (Fsp3) is 0.565. The number of rotatable bonds is 14. The third-order valence-corrected chi connectivity index (χ3v) is 9.99. The maximum absolute atomic E-state index is 13.2. The van der Waals surface area contributed by atoms with Crippen LogP contribution in [0.5, 0.6) is 0 Å². The van der Waals surface area contributed by atoms with Crippen LogP contribution in [0.1, 0.15) is 12.2 Å². The summed E-state index contributed by atoms with van der Waals surface area (Å²) in [6.45, 7) is 4.83. The lowest BCUT2D eigenvalue weighted by Gasteiger charge is -2.49. The van der Waals surface area contributed by atoms with Crippen LogP contribution in [-0.4, -0.2) is 153 Å². The summed E-state index contributed by atoms with van der Waals surface area (Å²) < 4.78 is 5.60. The van der Waals surface area contributed by atoms with Crippen molar-refractivity contribution < 1.29 is 34.2 Å². The van der Waals surface area contributed by atoms with E-state index in [0.29, 0.717) is 17.3 Å². The summed E-state index contributed by atoms with van der Waals surface area (Å²) in [6, 6.07) is -1.08. The monoisotopic (exact) mass is 682 g/mol. The number of aryl methyl sites for hydroxylation is 1. The molecule has 242 valence electrons. The molecule has 2 atom stereocenters. The van der Waals surface area contributed by atoms with Crippen molar-refractivity contribution in [3.8, 4) is 0 Å². The standard InChI is InChI=1S/C23H30N12O7S3/c1-32-5-7-33(8-6-32)3-2-4-34-23(27-30-31-34)44-11-12-10-43-20-15(19(39)35(20)16(12)21(40)41)25-18(38)14(28-42-9-13(36)37)17-26-22(24)45-29-17/h15,20H,2-11H2,1H3,(H,25,38)(H,36,37)(H,40,41)(H2,24,26,29)/t15?,20-/m1/s1. The minimum absolute atomic E-state index is 0.0267. The van der Waals surface area contributed by atoms with Crippen molar-refractivity contribution in [2.45, 2.75) is 29.5 Å². The highest BCUT2D eigenvalue weighted by molar-refractivity contribution is 8.01. The Balaban J connectivity index is 1.20. The Morgan fingerprint density at radius 1 is 1.20 bits per heavy atom. The number of amides is 2. The van der Waals surface area contributed by atoms with Gasteiger partial charge in [0.05, 0.1) is 0 Å². The third-order valence-electron chi connectivity index (χ3n) is 7.06. The number of β-lactam (4-membered cyclic amide) rings is 1. The largest absolute Gasteiger partial charge is 0.479 e. The molecule has 3 aliphatic rings. The lowest BCUT2D eigenvalue weighted by atomic mass is 10.0. The topological polar surface area (TPSA) is 247 Å². The van der Waals surface area contributed by atoms with Gasteiger partial charge in [0.15, 0.2) is 5.13 Å². The lowest BCUT2D eigenvalue weighted by Crippen LogP contribution is -2.71. The third kappa shape index (κ3) is 7.69. The number of thioether (sulfide) groups is 2. The Labute approximate surface area is 268 Å².